The lowest BCUT2D eigenvalue weighted by molar-refractivity contribution is -0.117. The molecule has 2 N–H and O–H groups in total. The highest BCUT2D eigenvalue weighted by molar-refractivity contribution is 5.98. The van der Waals surface area contributed by atoms with Gasteiger partial charge in [0.25, 0.3) is 0 Å². The number of rotatable bonds is 5. The van der Waals surface area contributed by atoms with Gasteiger partial charge in [0.1, 0.15) is 0 Å². The second-order valence-corrected chi connectivity index (χ2v) is 6.93. The Hall–Kier alpha value is -2.83. The standard InChI is InChI=1S/C20H27N5O2/c1-14(2)17-11-16(27-24-17)12-22-20(21-3)23-13-19(26)25-10-6-8-15-7-4-5-9-18(15)25/h4-5,7,9,11,14H,6,8,10,12-13H2,1-3H3,(H2,21,22,23). The van der Waals surface area contributed by atoms with Crippen LogP contribution in [0.4, 0.5) is 5.69 Å². The van der Waals surface area contributed by atoms with E-state index in [0.29, 0.717) is 18.4 Å². The molecule has 7 heteroatoms. The molecule has 1 aliphatic rings. The third-order valence-corrected chi connectivity index (χ3v) is 4.64. The number of aryl methyl sites for hydroxylation is 1. The van der Waals surface area contributed by atoms with E-state index in [1.54, 1.807) is 7.05 Å². The second kappa shape index (κ2) is 8.70. The smallest absolute Gasteiger partial charge is 0.246 e. The fourth-order valence-corrected chi connectivity index (χ4v) is 3.12. The van der Waals surface area contributed by atoms with Crippen molar-refractivity contribution < 1.29 is 9.32 Å². The number of benzene rings is 1. The predicted octanol–water partition coefficient (Wildman–Crippen LogP) is 2.44. The molecule has 144 valence electrons. The van der Waals surface area contributed by atoms with Crippen molar-refractivity contribution in [3.05, 3.63) is 47.3 Å². The maximum Gasteiger partial charge on any atom is 0.246 e. The van der Waals surface area contributed by atoms with Gasteiger partial charge in [-0.25, -0.2) is 0 Å². The lowest BCUT2D eigenvalue weighted by Crippen LogP contribution is -2.45. The number of aromatic nitrogens is 1. The van der Waals surface area contributed by atoms with Gasteiger partial charge >= 0.3 is 0 Å². The Morgan fingerprint density at radius 1 is 1.33 bits per heavy atom. The van der Waals surface area contributed by atoms with Crippen LogP contribution in [0.25, 0.3) is 0 Å². The number of aliphatic imine (C=N–C) groups is 1. The minimum Gasteiger partial charge on any atom is -0.359 e. The van der Waals surface area contributed by atoms with E-state index in [1.807, 2.05) is 29.2 Å². The summed E-state index contributed by atoms with van der Waals surface area (Å²) < 4.78 is 5.31. The number of anilines is 1. The molecule has 1 amide bonds. The van der Waals surface area contributed by atoms with E-state index < -0.39 is 0 Å². The van der Waals surface area contributed by atoms with E-state index in [0.717, 1.165) is 36.5 Å². The zero-order valence-corrected chi connectivity index (χ0v) is 16.2. The first-order chi connectivity index (χ1) is 13.1. The molecule has 2 aromatic rings. The van der Waals surface area contributed by atoms with Gasteiger partial charge in [0.15, 0.2) is 11.7 Å². The van der Waals surface area contributed by atoms with Gasteiger partial charge < -0.3 is 20.1 Å². The van der Waals surface area contributed by atoms with Crippen LogP contribution >= 0.6 is 0 Å². The van der Waals surface area contributed by atoms with Gasteiger partial charge in [-0.2, -0.15) is 0 Å². The van der Waals surface area contributed by atoms with E-state index >= 15 is 0 Å². The molecule has 0 fully saturated rings. The second-order valence-electron chi connectivity index (χ2n) is 6.93. The van der Waals surface area contributed by atoms with Crippen LogP contribution in [-0.4, -0.2) is 37.2 Å². The average molecular weight is 369 g/mol. The number of hydrogen-bond acceptors (Lipinski definition) is 4. The summed E-state index contributed by atoms with van der Waals surface area (Å²) in [5.74, 6) is 1.64. The average Bonchev–Trinajstić information content (AvgIpc) is 3.17. The van der Waals surface area contributed by atoms with E-state index in [2.05, 4.69) is 40.7 Å². The number of guanidine groups is 1. The number of nitrogens with zero attached hydrogens (tertiary/aromatic N) is 3. The van der Waals surface area contributed by atoms with Crippen molar-refractivity contribution in [3.63, 3.8) is 0 Å². The summed E-state index contributed by atoms with van der Waals surface area (Å²) in [5, 5.41) is 10.3. The van der Waals surface area contributed by atoms with Crippen LogP contribution in [-0.2, 0) is 17.8 Å². The highest BCUT2D eigenvalue weighted by atomic mass is 16.5. The first-order valence-electron chi connectivity index (χ1n) is 9.36. The SMILES string of the molecule is CN=C(NCC(=O)N1CCCc2ccccc21)NCc1cc(C(C)C)no1. The number of carbonyl (C=O) groups is 1. The quantitative estimate of drug-likeness (QED) is 0.625. The Morgan fingerprint density at radius 3 is 2.89 bits per heavy atom. The Kier molecular flexibility index (Phi) is 6.11. The maximum absolute atomic E-state index is 12.7. The topological polar surface area (TPSA) is 82.8 Å². The van der Waals surface area contributed by atoms with Crippen LogP contribution < -0.4 is 15.5 Å². The van der Waals surface area contributed by atoms with E-state index in [1.165, 1.54) is 5.56 Å². The summed E-state index contributed by atoms with van der Waals surface area (Å²) >= 11 is 0. The van der Waals surface area contributed by atoms with Crippen molar-refractivity contribution in [1.29, 1.82) is 0 Å². The molecule has 7 nitrogen and oxygen atoms in total. The molecule has 0 spiro atoms. The monoisotopic (exact) mass is 369 g/mol. The van der Waals surface area contributed by atoms with E-state index in [-0.39, 0.29) is 12.5 Å². The number of para-hydroxylation sites is 1. The van der Waals surface area contributed by atoms with Gasteiger partial charge in [0.05, 0.1) is 18.8 Å². The summed E-state index contributed by atoms with van der Waals surface area (Å²) in [5.41, 5.74) is 3.17. The van der Waals surface area contributed by atoms with Crippen molar-refractivity contribution in [3.8, 4) is 0 Å². The molecule has 0 unspecified atom stereocenters. The first-order valence-corrected chi connectivity index (χ1v) is 9.36. The maximum atomic E-state index is 12.7. The fourth-order valence-electron chi connectivity index (χ4n) is 3.12. The Bertz CT molecular complexity index is 812. The molecule has 27 heavy (non-hydrogen) atoms. The van der Waals surface area contributed by atoms with Crippen LogP contribution in [0.15, 0.2) is 39.8 Å². The van der Waals surface area contributed by atoms with Crippen molar-refractivity contribution >= 4 is 17.6 Å². The van der Waals surface area contributed by atoms with Crippen LogP contribution in [0.1, 0.15) is 43.2 Å². The lowest BCUT2D eigenvalue weighted by Gasteiger charge is -2.29. The molecular weight excluding hydrogens is 342 g/mol. The zero-order chi connectivity index (χ0) is 19.2. The normalized spacial score (nSPS) is 14.2. The molecule has 0 saturated heterocycles. The summed E-state index contributed by atoms with van der Waals surface area (Å²) in [7, 11) is 1.68. The van der Waals surface area contributed by atoms with Gasteiger partial charge in [0.2, 0.25) is 5.91 Å². The Labute approximate surface area is 159 Å². The third kappa shape index (κ3) is 4.67. The number of hydrogen-bond donors (Lipinski definition) is 2. The highest BCUT2D eigenvalue weighted by Gasteiger charge is 2.22. The lowest BCUT2D eigenvalue weighted by atomic mass is 10.0. The summed E-state index contributed by atoms with van der Waals surface area (Å²) in [4.78, 5) is 18.7. The molecule has 2 heterocycles. The molecule has 1 aliphatic heterocycles. The number of amides is 1. The predicted molar refractivity (Wildman–Crippen MR) is 106 cm³/mol. The molecule has 0 atom stereocenters. The number of carbonyl (C=O) groups excluding carboxylic acids is 1. The fraction of sp³-hybridized carbons (Fsp3) is 0.450. The minimum absolute atomic E-state index is 0.0341. The molecule has 0 saturated carbocycles. The molecule has 3 rings (SSSR count). The van der Waals surface area contributed by atoms with Crippen molar-refractivity contribution in [2.75, 3.05) is 25.0 Å². The van der Waals surface area contributed by atoms with Crippen LogP contribution in [0.3, 0.4) is 0 Å². The third-order valence-electron chi connectivity index (χ3n) is 4.64. The molecule has 1 aromatic carbocycles. The Morgan fingerprint density at radius 2 is 2.15 bits per heavy atom. The van der Waals surface area contributed by atoms with Crippen molar-refractivity contribution in [1.82, 2.24) is 15.8 Å². The van der Waals surface area contributed by atoms with E-state index in [4.69, 9.17) is 4.52 Å². The van der Waals surface area contributed by atoms with Crippen LogP contribution in [0, 0.1) is 0 Å². The number of nitrogens with one attached hydrogen (secondary N) is 2. The minimum atomic E-state index is 0.0341. The van der Waals surface area contributed by atoms with E-state index in [9.17, 15) is 4.79 Å². The van der Waals surface area contributed by atoms with Gasteiger partial charge in [-0.05, 0) is 30.4 Å². The largest absolute Gasteiger partial charge is 0.359 e. The summed E-state index contributed by atoms with van der Waals surface area (Å²) in [6, 6.07) is 10.0. The first kappa shape index (κ1) is 18.9. The van der Waals surface area contributed by atoms with Crippen molar-refractivity contribution in [2.24, 2.45) is 4.99 Å². The molecule has 0 bridgehead atoms. The van der Waals surface area contributed by atoms with Gasteiger partial charge in [-0.3, -0.25) is 9.79 Å². The molecular formula is C20H27N5O2. The molecule has 0 aliphatic carbocycles. The van der Waals surface area contributed by atoms with Crippen LogP contribution in [0.2, 0.25) is 0 Å². The van der Waals surface area contributed by atoms with Crippen LogP contribution in [0.5, 0.6) is 0 Å². The van der Waals surface area contributed by atoms with Crippen molar-refractivity contribution in [2.45, 2.75) is 39.2 Å². The van der Waals surface area contributed by atoms with Gasteiger partial charge in [-0.15, -0.1) is 0 Å². The summed E-state index contributed by atoms with van der Waals surface area (Å²) in [6.07, 6.45) is 2.01. The van der Waals surface area contributed by atoms with Gasteiger partial charge in [0, 0.05) is 25.3 Å². The van der Waals surface area contributed by atoms with Gasteiger partial charge in [-0.1, -0.05) is 37.2 Å². The Balaban J connectivity index is 1.53. The molecule has 1 aromatic heterocycles. The molecule has 0 radical (unpaired) electrons. The zero-order valence-electron chi connectivity index (χ0n) is 16.2. The summed E-state index contributed by atoms with van der Waals surface area (Å²) in [6.45, 7) is 5.53. The number of fused-ring (bicyclic) bond motifs is 1. The highest BCUT2D eigenvalue weighted by Crippen LogP contribution is 2.26.